The van der Waals surface area contributed by atoms with E-state index in [1.54, 1.807) is 0 Å². The second-order valence-electron chi connectivity index (χ2n) is 3.69. The summed E-state index contributed by atoms with van der Waals surface area (Å²) in [7, 11) is 0. The van der Waals surface area contributed by atoms with Crippen LogP contribution in [0.5, 0.6) is 0 Å². The van der Waals surface area contributed by atoms with Crippen molar-refractivity contribution in [2.24, 2.45) is 5.73 Å². The van der Waals surface area contributed by atoms with Gasteiger partial charge in [0.25, 0.3) is 0 Å². The Kier molecular flexibility index (Phi) is 2.74. The average Bonchev–Trinajstić information content (AvgIpc) is 2.08. The van der Waals surface area contributed by atoms with E-state index in [2.05, 4.69) is 31.9 Å². The van der Waals surface area contributed by atoms with Crippen LogP contribution in [0.25, 0.3) is 0 Å². The highest BCUT2D eigenvalue weighted by Crippen LogP contribution is 2.30. The number of hydrogen-bond donors (Lipinski definition) is 1. The van der Waals surface area contributed by atoms with E-state index in [0.717, 1.165) is 16.8 Å². The highest BCUT2D eigenvalue weighted by Gasteiger charge is 2.28. The van der Waals surface area contributed by atoms with Gasteiger partial charge in [0, 0.05) is 25.3 Å². The number of rotatable bonds is 2. The van der Waals surface area contributed by atoms with E-state index in [-0.39, 0.29) is 0 Å². The second kappa shape index (κ2) is 3.87. The van der Waals surface area contributed by atoms with Gasteiger partial charge in [0.1, 0.15) is 5.82 Å². The first-order valence-corrected chi connectivity index (χ1v) is 5.60. The summed E-state index contributed by atoms with van der Waals surface area (Å²) in [5.41, 5.74) is 6.83. The van der Waals surface area contributed by atoms with Crippen molar-refractivity contribution in [3.63, 3.8) is 0 Å². The van der Waals surface area contributed by atoms with Crippen LogP contribution in [0, 0.1) is 6.92 Å². The van der Waals surface area contributed by atoms with Crippen LogP contribution in [0.15, 0.2) is 16.7 Å². The third-order valence-corrected chi connectivity index (χ3v) is 3.23. The van der Waals surface area contributed by atoms with Crippen LogP contribution in [0.2, 0.25) is 0 Å². The fraction of sp³-hybridized carbons (Fsp3) is 0.500. The predicted molar refractivity (Wildman–Crippen MR) is 61.5 cm³/mol. The maximum atomic E-state index is 5.66. The lowest BCUT2D eigenvalue weighted by molar-refractivity contribution is 0.451. The number of aromatic nitrogens is 1. The molecule has 14 heavy (non-hydrogen) atoms. The van der Waals surface area contributed by atoms with Crippen molar-refractivity contribution in [3.05, 3.63) is 22.3 Å². The van der Waals surface area contributed by atoms with Crippen molar-refractivity contribution in [3.8, 4) is 0 Å². The molecule has 0 aliphatic carbocycles. The van der Waals surface area contributed by atoms with Crippen LogP contribution in [-0.2, 0) is 0 Å². The zero-order chi connectivity index (χ0) is 10.1. The number of anilines is 1. The largest absolute Gasteiger partial charge is 0.351 e. The Morgan fingerprint density at radius 3 is 3.00 bits per heavy atom. The minimum absolute atomic E-state index is 0.474. The molecule has 0 amide bonds. The number of halogens is 1. The summed E-state index contributed by atoms with van der Waals surface area (Å²) >= 11 is 3.53. The van der Waals surface area contributed by atoms with Crippen LogP contribution < -0.4 is 10.6 Å². The van der Waals surface area contributed by atoms with E-state index >= 15 is 0 Å². The molecule has 2 heterocycles. The number of hydrogen-bond acceptors (Lipinski definition) is 3. The number of pyridine rings is 1. The molecule has 76 valence electrons. The molecule has 2 rings (SSSR count). The lowest BCUT2D eigenvalue weighted by Crippen LogP contribution is -2.52. The molecule has 1 fully saturated rings. The second-order valence-corrected chi connectivity index (χ2v) is 4.54. The van der Waals surface area contributed by atoms with Crippen molar-refractivity contribution in [2.75, 3.05) is 18.0 Å². The minimum Gasteiger partial charge on any atom is -0.351 e. The fourth-order valence-electron chi connectivity index (χ4n) is 1.70. The molecule has 0 spiro atoms. The summed E-state index contributed by atoms with van der Waals surface area (Å²) in [6, 6.07) is 2.57. The zero-order valence-corrected chi connectivity index (χ0v) is 9.79. The first kappa shape index (κ1) is 9.93. The Hall–Kier alpha value is -0.610. The lowest BCUT2D eigenvalue weighted by atomic mass is 10.0. The van der Waals surface area contributed by atoms with Crippen LogP contribution in [-0.4, -0.2) is 24.1 Å². The van der Waals surface area contributed by atoms with Crippen LogP contribution in [0.3, 0.4) is 0 Å². The minimum atomic E-state index is 0.474. The molecule has 1 atom stereocenters. The van der Waals surface area contributed by atoms with Crippen molar-refractivity contribution in [1.29, 1.82) is 0 Å². The molecule has 1 saturated heterocycles. The van der Waals surface area contributed by atoms with E-state index < -0.39 is 0 Å². The first-order chi connectivity index (χ1) is 6.72. The van der Waals surface area contributed by atoms with Crippen LogP contribution in [0.4, 0.5) is 5.82 Å². The zero-order valence-electron chi connectivity index (χ0n) is 8.20. The summed E-state index contributed by atoms with van der Waals surface area (Å²) in [4.78, 5) is 6.68. The highest BCUT2D eigenvalue weighted by atomic mass is 79.9. The van der Waals surface area contributed by atoms with Gasteiger partial charge >= 0.3 is 0 Å². The SMILES string of the molecule is Cc1cnc(N2CCC2CN)c(Br)c1. The van der Waals surface area contributed by atoms with Gasteiger partial charge in [-0.05, 0) is 40.9 Å². The monoisotopic (exact) mass is 255 g/mol. The van der Waals surface area contributed by atoms with Crippen molar-refractivity contribution in [2.45, 2.75) is 19.4 Å². The molecule has 0 saturated carbocycles. The van der Waals surface area contributed by atoms with Gasteiger partial charge < -0.3 is 10.6 Å². The molecular formula is C10H14BrN3. The Labute approximate surface area is 92.4 Å². The molecule has 1 aromatic rings. The summed E-state index contributed by atoms with van der Waals surface area (Å²) in [6.07, 6.45) is 3.07. The van der Waals surface area contributed by atoms with Gasteiger partial charge in [-0.3, -0.25) is 0 Å². The molecule has 1 unspecified atom stereocenters. The summed E-state index contributed by atoms with van der Waals surface area (Å²) in [5.74, 6) is 1.03. The molecule has 1 aromatic heterocycles. The van der Waals surface area contributed by atoms with E-state index in [1.807, 2.05) is 13.1 Å². The van der Waals surface area contributed by atoms with E-state index in [1.165, 1.54) is 12.0 Å². The summed E-state index contributed by atoms with van der Waals surface area (Å²) in [5, 5.41) is 0. The van der Waals surface area contributed by atoms with Crippen LogP contribution >= 0.6 is 15.9 Å². The Morgan fingerprint density at radius 2 is 2.50 bits per heavy atom. The normalized spacial score (nSPS) is 20.8. The molecule has 1 aliphatic heterocycles. The maximum absolute atomic E-state index is 5.66. The average molecular weight is 256 g/mol. The smallest absolute Gasteiger partial charge is 0.143 e. The van der Waals surface area contributed by atoms with Gasteiger partial charge in [-0.25, -0.2) is 4.98 Å². The van der Waals surface area contributed by atoms with Gasteiger partial charge in [-0.15, -0.1) is 0 Å². The van der Waals surface area contributed by atoms with Gasteiger partial charge in [0.05, 0.1) is 4.47 Å². The number of nitrogens with two attached hydrogens (primary N) is 1. The molecule has 2 N–H and O–H groups in total. The molecule has 0 radical (unpaired) electrons. The van der Waals surface area contributed by atoms with E-state index in [0.29, 0.717) is 12.6 Å². The van der Waals surface area contributed by atoms with Crippen LogP contribution in [0.1, 0.15) is 12.0 Å². The molecule has 3 nitrogen and oxygen atoms in total. The van der Waals surface area contributed by atoms with Crippen molar-refractivity contribution in [1.82, 2.24) is 4.98 Å². The third kappa shape index (κ3) is 1.64. The van der Waals surface area contributed by atoms with Crippen molar-refractivity contribution >= 4 is 21.7 Å². The topological polar surface area (TPSA) is 42.2 Å². The summed E-state index contributed by atoms with van der Waals surface area (Å²) in [6.45, 7) is 3.82. The summed E-state index contributed by atoms with van der Waals surface area (Å²) < 4.78 is 1.07. The number of nitrogens with zero attached hydrogens (tertiary/aromatic N) is 2. The van der Waals surface area contributed by atoms with Gasteiger partial charge in [-0.1, -0.05) is 0 Å². The molecule has 0 bridgehead atoms. The molecule has 4 heteroatoms. The fourth-order valence-corrected chi connectivity index (χ4v) is 2.39. The Balaban J connectivity index is 2.24. The third-order valence-electron chi connectivity index (χ3n) is 2.65. The molecule has 1 aliphatic rings. The maximum Gasteiger partial charge on any atom is 0.143 e. The van der Waals surface area contributed by atoms with Gasteiger partial charge in [-0.2, -0.15) is 0 Å². The van der Waals surface area contributed by atoms with E-state index in [9.17, 15) is 0 Å². The number of aryl methyl sites for hydroxylation is 1. The van der Waals surface area contributed by atoms with E-state index in [4.69, 9.17) is 5.73 Å². The standard InChI is InChI=1S/C10H14BrN3/c1-7-4-9(11)10(13-6-7)14-3-2-8(14)5-12/h4,6,8H,2-3,5,12H2,1H3. The molecule has 0 aromatic carbocycles. The predicted octanol–water partition coefficient (Wildman–Crippen LogP) is 1.69. The lowest BCUT2D eigenvalue weighted by Gasteiger charge is -2.41. The van der Waals surface area contributed by atoms with Crippen molar-refractivity contribution < 1.29 is 0 Å². The molecular weight excluding hydrogens is 242 g/mol. The Bertz CT molecular complexity index is 338. The van der Waals surface area contributed by atoms with Gasteiger partial charge in [0.2, 0.25) is 0 Å². The first-order valence-electron chi connectivity index (χ1n) is 4.81. The highest BCUT2D eigenvalue weighted by molar-refractivity contribution is 9.10. The van der Waals surface area contributed by atoms with Gasteiger partial charge in [0.15, 0.2) is 0 Å². The quantitative estimate of drug-likeness (QED) is 0.875. The Morgan fingerprint density at radius 1 is 1.71 bits per heavy atom.